The number of nitrogens with one attached hydrogen (secondary N) is 2. The molecular weight excluding hydrogens is 573 g/mol. The first-order valence-corrected chi connectivity index (χ1v) is 15.3. The van der Waals surface area contributed by atoms with Crippen LogP contribution in [0.2, 0.25) is 0 Å². The van der Waals surface area contributed by atoms with Gasteiger partial charge in [0.2, 0.25) is 22.1 Å². The molecule has 0 fully saturated rings. The molecular formula is C30H32N6O4S2. The number of hydrogen-bond acceptors (Lipinski definition) is 10. The number of amides is 2. The average molecular weight is 605 g/mol. The Kier molecular flexibility index (Phi) is 11.1. The van der Waals surface area contributed by atoms with Crippen LogP contribution >= 0.6 is 22.7 Å². The number of unbranched alkanes of at least 4 members (excludes halogenated alkanes) is 1. The molecule has 2 atom stereocenters. The summed E-state index contributed by atoms with van der Waals surface area (Å²) in [6.07, 6.45) is 3.31. The zero-order valence-electron chi connectivity index (χ0n) is 23.4. The molecule has 2 heterocycles. The van der Waals surface area contributed by atoms with Gasteiger partial charge in [0.25, 0.3) is 0 Å². The first kappa shape index (κ1) is 30.8. The fraction of sp³-hybridized carbons (Fsp3) is 0.333. The Balaban J connectivity index is 1.14. The summed E-state index contributed by atoms with van der Waals surface area (Å²) in [5.74, 6) is -1.67. The van der Waals surface area contributed by atoms with Crippen LogP contribution in [0.25, 0.3) is 0 Å². The normalized spacial score (nSPS) is 12.3. The van der Waals surface area contributed by atoms with Crippen molar-refractivity contribution < 1.29 is 19.2 Å². The van der Waals surface area contributed by atoms with Crippen molar-refractivity contribution in [3.63, 3.8) is 0 Å². The van der Waals surface area contributed by atoms with Crippen molar-refractivity contribution in [1.82, 2.24) is 20.4 Å². The monoisotopic (exact) mass is 604 g/mol. The van der Waals surface area contributed by atoms with Crippen molar-refractivity contribution in [3.05, 3.63) is 81.8 Å². The standard InChI is InChI=1S/C30H32N6O4S2/c1-19(17-23(37)21-11-5-3-6-12-21)27(39)31-29-35-33-25(41-29)15-9-10-16-26-34-36-30(42-26)32-28(40)20(2)18-24(38)22-13-7-4-8-14-22/h3-8,11-14,19-20H,9-10,15-18H2,1-2H3,(H,31,35,39)(H,32,36,40). The van der Waals surface area contributed by atoms with Gasteiger partial charge in [-0.15, -0.1) is 20.4 Å². The number of hydrogen-bond donors (Lipinski definition) is 2. The third-order valence-corrected chi connectivity index (χ3v) is 8.29. The number of benzene rings is 2. The van der Waals surface area contributed by atoms with Crippen LogP contribution in [-0.4, -0.2) is 43.8 Å². The third-order valence-electron chi connectivity index (χ3n) is 6.50. The molecule has 4 rings (SSSR count). The maximum atomic E-state index is 12.5. The summed E-state index contributed by atoms with van der Waals surface area (Å²) < 4.78 is 0. The van der Waals surface area contributed by atoms with E-state index in [0.29, 0.717) is 34.2 Å². The molecule has 42 heavy (non-hydrogen) atoms. The van der Waals surface area contributed by atoms with Gasteiger partial charge in [0.05, 0.1) is 0 Å². The topological polar surface area (TPSA) is 144 Å². The van der Waals surface area contributed by atoms with Gasteiger partial charge in [0.1, 0.15) is 10.0 Å². The highest BCUT2D eigenvalue weighted by molar-refractivity contribution is 7.15. The number of ketones is 2. The minimum Gasteiger partial charge on any atom is -0.300 e. The maximum Gasteiger partial charge on any atom is 0.229 e. The Morgan fingerprint density at radius 2 is 1.00 bits per heavy atom. The molecule has 0 spiro atoms. The van der Waals surface area contributed by atoms with Crippen LogP contribution < -0.4 is 10.6 Å². The molecule has 218 valence electrons. The molecule has 2 aromatic heterocycles. The second-order valence-electron chi connectivity index (χ2n) is 9.98. The lowest BCUT2D eigenvalue weighted by Crippen LogP contribution is -2.22. The Labute approximate surface area is 252 Å². The number of anilines is 2. The predicted molar refractivity (Wildman–Crippen MR) is 163 cm³/mol. The Bertz CT molecular complexity index is 1390. The molecule has 4 aromatic rings. The molecule has 0 saturated carbocycles. The quantitative estimate of drug-likeness (QED) is 0.131. The molecule has 0 radical (unpaired) electrons. The number of aryl methyl sites for hydroxylation is 2. The van der Waals surface area contributed by atoms with Crippen molar-refractivity contribution in [2.45, 2.75) is 52.4 Å². The average Bonchev–Trinajstić information content (AvgIpc) is 3.65. The van der Waals surface area contributed by atoms with Gasteiger partial charge in [0.15, 0.2) is 11.6 Å². The fourth-order valence-corrected chi connectivity index (χ4v) is 5.61. The molecule has 2 unspecified atom stereocenters. The lowest BCUT2D eigenvalue weighted by molar-refractivity contribution is -0.120. The molecule has 2 N–H and O–H groups in total. The molecule has 0 aliphatic rings. The van der Waals surface area contributed by atoms with E-state index < -0.39 is 11.8 Å². The van der Waals surface area contributed by atoms with Crippen molar-refractivity contribution in [2.75, 3.05) is 10.6 Å². The van der Waals surface area contributed by atoms with E-state index in [1.807, 2.05) is 12.1 Å². The molecule has 2 amide bonds. The number of aromatic nitrogens is 4. The van der Waals surface area contributed by atoms with Crippen LogP contribution in [-0.2, 0) is 22.4 Å². The number of Topliss-reactive ketones (excluding diaryl/α,β-unsaturated/α-hetero) is 2. The van der Waals surface area contributed by atoms with Crippen LogP contribution in [0.1, 0.15) is 70.3 Å². The summed E-state index contributed by atoms with van der Waals surface area (Å²) in [4.78, 5) is 49.8. The molecule has 2 aromatic carbocycles. The van der Waals surface area contributed by atoms with Crippen LogP contribution in [0.3, 0.4) is 0 Å². The second-order valence-corrected chi connectivity index (χ2v) is 12.1. The van der Waals surface area contributed by atoms with Crippen molar-refractivity contribution >= 4 is 56.3 Å². The number of rotatable bonds is 15. The van der Waals surface area contributed by atoms with E-state index >= 15 is 0 Å². The summed E-state index contributed by atoms with van der Waals surface area (Å²) in [6.45, 7) is 3.44. The Hall–Kier alpha value is -4.16. The minimum absolute atomic E-state index is 0.0778. The van der Waals surface area contributed by atoms with E-state index in [1.165, 1.54) is 22.7 Å². The summed E-state index contributed by atoms with van der Waals surface area (Å²) in [5, 5.41) is 24.4. The predicted octanol–water partition coefficient (Wildman–Crippen LogP) is 5.65. The van der Waals surface area contributed by atoms with Crippen LogP contribution in [0, 0.1) is 11.8 Å². The molecule has 0 aliphatic heterocycles. The Morgan fingerprint density at radius 3 is 1.38 bits per heavy atom. The highest BCUT2D eigenvalue weighted by atomic mass is 32.1. The Morgan fingerprint density at radius 1 is 0.619 bits per heavy atom. The summed E-state index contributed by atoms with van der Waals surface area (Å²) in [7, 11) is 0. The zero-order chi connectivity index (χ0) is 29.9. The first-order chi connectivity index (χ1) is 20.3. The summed E-state index contributed by atoms with van der Waals surface area (Å²) >= 11 is 2.64. The van der Waals surface area contributed by atoms with Gasteiger partial charge in [-0.2, -0.15) is 0 Å². The first-order valence-electron chi connectivity index (χ1n) is 13.7. The smallest absolute Gasteiger partial charge is 0.229 e. The lowest BCUT2D eigenvalue weighted by atomic mass is 9.99. The van der Waals surface area contributed by atoms with Gasteiger partial charge in [-0.1, -0.05) is 97.2 Å². The third kappa shape index (κ3) is 9.18. The number of nitrogens with zero attached hydrogens (tertiary/aromatic N) is 4. The van der Waals surface area contributed by atoms with Gasteiger partial charge in [-0.05, 0) is 12.8 Å². The van der Waals surface area contributed by atoms with Crippen LogP contribution in [0.5, 0.6) is 0 Å². The number of carbonyl (C=O) groups is 4. The second kappa shape index (κ2) is 15.2. The van der Waals surface area contributed by atoms with Crippen LogP contribution in [0.4, 0.5) is 10.3 Å². The van der Waals surface area contributed by atoms with E-state index in [1.54, 1.807) is 62.4 Å². The largest absolute Gasteiger partial charge is 0.300 e. The van der Waals surface area contributed by atoms with Gasteiger partial charge >= 0.3 is 0 Å². The summed E-state index contributed by atoms with van der Waals surface area (Å²) in [5.41, 5.74) is 1.18. The lowest BCUT2D eigenvalue weighted by Gasteiger charge is -2.09. The zero-order valence-corrected chi connectivity index (χ0v) is 25.0. The highest BCUT2D eigenvalue weighted by Crippen LogP contribution is 2.22. The summed E-state index contributed by atoms with van der Waals surface area (Å²) in [6, 6.07) is 17.8. The molecule has 0 aliphatic carbocycles. The van der Waals surface area contributed by atoms with E-state index in [2.05, 4.69) is 31.0 Å². The van der Waals surface area contributed by atoms with Crippen molar-refractivity contribution in [1.29, 1.82) is 0 Å². The van der Waals surface area contributed by atoms with Crippen molar-refractivity contribution in [2.24, 2.45) is 11.8 Å². The van der Waals surface area contributed by atoms with E-state index in [9.17, 15) is 19.2 Å². The molecule has 12 heteroatoms. The van der Waals surface area contributed by atoms with Crippen molar-refractivity contribution in [3.8, 4) is 0 Å². The molecule has 10 nitrogen and oxygen atoms in total. The SMILES string of the molecule is CC(CC(=O)c1ccccc1)C(=O)Nc1nnc(CCCCc2nnc(NC(=O)C(C)CC(=O)c3ccccc3)s2)s1. The van der Waals surface area contributed by atoms with Crippen LogP contribution in [0.15, 0.2) is 60.7 Å². The minimum atomic E-state index is -0.494. The fourth-order valence-electron chi connectivity index (χ4n) is 4.05. The van der Waals surface area contributed by atoms with Gasteiger partial charge in [-0.3, -0.25) is 19.2 Å². The van der Waals surface area contributed by atoms with Gasteiger partial charge in [-0.25, -0.2) is 0 Å². The van der Waals surface area contributed by atoms with Gasteiger partial charge < -0.3 is 10.6 Å². The highest BCUT2D eigenvalue weighted by Gasteiger charge is 2.21. The number of carbonyl (C=O) groups excluding carboxylic acids is 4. The molecule has 0 saturated heterocycles. The van der Waals surface area contributed by atoms with Gasteiger partial charge in [0, 0.05) is 48.6 Å². The molecule has 0 bridgehead atoms. The van der Waals surface area contributed by atoms with E-state index in [-0.39, 0.29) is 36.2 Å². The van der Waals surface area contributed by atoms with E-state index in [4.69, 9.17) is 0 Å². The maximum absolute atomic E-state index is 12.5. The van der Waals surface area contributed by atoms with E-state index in [0.717, 1.165) is 22.9 Å².